The number of carbonyl (C=O) groups excluding carboxylic acids is 3. The Labute approximate surface area is 210 Å². The highest BCUT2D eigenvalue weighted by Crippen LogP contribution is 2.24. The number of amides is 3. The molecule has 190 valence electrons. The third-order valence-electron chi connectivity index (χ3n) is 5.05. The summed E-state index contributed by atoms with van der Waals surface area (Å²) in [6.07, 6.45) is 13.6. The first-order valence-electron chi connectivity index (χ1n) is 12.1. The van der Waals surface area contributed by atoms with Gasteiger partial charge in [-0.1, -0.05) is 58.1 Å². The zero-order valence-electron chi connectivity index (χ0n) is 21.8. The Balaban J connectivity index is 3.31. The van der Waals surface area contributed by atoms with Crippen LogP contribution in [-0.4, -0.2) is 41.0 Å². The fraction of sp³-hybridized carbons (Fsp3) is 0.536. The first-order valence-corrected chi connectivity index (χ1v) is 12.1. The minimum atomic E-state index is -1.09. The maximum Gasteiger partial charge on any atom is 0.408 e. The fourth-order valence-corrected chi connectivity index (χ4v) is 3.44. The number of nitrogens with zero attached hydrogens (tertiary/aromatic N) is 1. The number of alkyl carbamates (subject to hydrolysis) is 1. The Kier molecular flexibility index (Phi) is 11.9. The molecule has 0 spiro atoms. The van der Waals surface area contributed by atoms with Crippen molar-refractivity contribution in [3.63, 3.8) is 0 Å². The number of rotatable bonds is 11. The lowest BCUT2D eigenvalue weighted by atomic mass is 9.99. The summed E-state index contributed by atoms with van der Waals surface area (Å²) in [6, 6.07) is 7.07. The first-order chi connectivity index (χ1) is 16.4. The second kappa shape index (κ2) is 14.1. The highest BCUT2D eigenvalue weighted by molar-refractivity contribution is 5.93. The summed E-state index contributed by atoms with van der Waals surface area (Å²) in [5.41, 5.74) is 0.420. The summed E-state index contributed by atoms with van der Waals surface area (Å²) in [5, 5.41) is 5.52. The van der Waals surface area contributed by atoms with Crippen LogP contribution in [0.1, 0.15) is 84.4 Å². The molecule has 3 amide bonds. The van der Waals surface area contributed by atoms with E-state index in [2.05, 4.69) is 29.5 Å². The van der Waals surface area contributed by atoms with Gasteiger partial charge in [0.15, 0.2) is 0 Å². The summed E-state index contributed by atoms with van der Waals surface area (Å²) >= 11 is 0. The van der Waals surface area contributed by atoms with Gasteiger partial charge >= 0.3 is 6.09 Å². The Hall–Kier alpha value is -3.45. The molecule has 0 aromatic heterocycles. The molecule has 0 bridgehead atoms. The maximum absolute atomic E-state index is 13.6. The molecule has 0 heterocycles. The van der Waals surface area contributed by atoms with Crippen molar-refractivity contribution in [2.45, 2.75) is 84.9 Å². The smallest absolute Gasteiger partial charge is 0.408 e. The minimum Gasteiger partial charge on any atom is -0.444 e. The summed E-state index contributed by atoms with van der Waals surface area (Å²) in [7, 11) is 0. The SMILES string of the molecule is C#Cc1ccc(C(C(=O)NCCCCC)N(C#C)C(=O)C(CC(C)C)NC(=O)OC(C)(C)C)cc1. The largest absolute Gasteiger partial charge is 0.444 e. The van der Waals surface area contributed by atoms with Crippen LogP contribution in [0.25, 0.3) is 0 Å². The van der Waals surface area contributed by atoms with Gasteiger partial charge in [-0.2, -0.15) is 0 Å². The molecule has 0 aliphatic carbocycles. The van der Waals surface area contributed by atoms with E-state index in [0.717, 1.165) is 24.2 Å². The number of ether oxygens (including phenoxy) is 1. The van der Waals surface area contributed by atoms with Crippen LogP contribution in [0.4, 0.5) is 4.79 Å². The number of benzene rings is 1. The fourth-order valence-electron chi connectivity index (χ4n) is 3.44. The zero-order chi connectivity index (χ0) is 26.6. The lowest BCUT2D eigenvalue weighted by Crippen LogP contribution is -2.52. The van der Waals surface area contributed by atoms with Crippen molar-refractivity contribution < 1.29 is 19.1 Å². The van der Waals surface area contributed by atoms with E-state index in [-0.39, 0.29) is 5.92 Å². The number of nitrogens with one attached hydrogen (secondary N) is 2. The Bertz CT molecular complexity index is 933. The molecular formula is C28H39N3O4. The van der Waals surface area contributed by atoms with Crippen LogP contribution in [0.3, 0.4) is 0 Å². The molecule has 1 aromatic rings. The van der Waals surface area contributed by atoms with Gasteiger partial charge in [-0.15, -0.1) is 6.42 Å². The molecule has 2 atom stereocenters. The van der Waals surface area contributed by atoms with Crippen LogP contribution in [0.15, 0.2) is 24.3 Å². The quantitative estimate of drug-likeness (QED) is 0.279. The molecular weight excluding hydrogens is 442 g/mol. The van der Waals surface area contributed by atoms with E-state index < -0.39 is 35.6 Å². The van der Waals surface area contributed by atoms with Crippen LogP contribution >= 0.6 is 0 Å². The number of hydrogen-bond donors (Lipinski definition) is 2. The van der Waals surface area contributed by atoms with Crippen molar-refractivity contribution in [3.8, 4) is 24.8 Å². The highest BCUT2D eigenvalue weighted by atomic mass is 16.6. The minimum absolute atomic E-state index is 0.0646. The predicted molar refractivity (Wildman–Crippen MR) is 138 cm³/mol. The lowest BCUT2D eigenvalue weighted by Gasteiger charge is -2.31. The zero-order valence-corrected chi connectivity index (χ0v) is 21.8. The average Bonchev–Trinajstić information content (AvgIpc) is 2.77. The standard InChI is InChI=1S/C28H39N3O4/c1-9-12-13-18-29-25(32)24(22-16-14-21(10-2)15-17-22)31(11-3)26(33)23(19-20(4)5)30-27(34)35-28(6,7)8/h2-3,14-17,20,23-24H,9,12-13,18-19H2,1,4-8H3,(H,29,32)(H,30,34). The van der Waals surface area contributed by atoms with E-state index in [1.54, 1.807) is 45.0 Å². The molecule has 0 aliphatic heterocycles. The predicted octanol–water partition coefficient (Wildman–Crippen LogP) is 4.37. The second-order valence-electron chi connectivity index (χ2n) is 9.83. The molecule has 0 saturated heterocycles. The average molecular weight is 482 g/mol. The van der Waals surface area contributed by atoms with Crippen LogP contribution in [0, 0.1) is 30.7 Å². The maximum atomic E-state index is 13.6. The summed E-state index contributed by atoms with van der Waals surface area (Å²) < 4.78 is 5.34. The van der Waals surface area contributed by atoms with Gasteiger partial charge in [0.2, 0.25) is 5.91 Å². The molecule has 0 radical (unpaired) electrons. The van der Waals surface area contributed by atoms with E-state index in [9.17, 15) is 14.4 Å². The Morgan fingerprint density at radius 2 is 1.71 bits per heavy atom. The van der Waals surface area contributed by atoms with Crippen LogP contribution < -0.4 is 10.6 Å². The van der Waals surface area contributed by atoms with Gasteiger partial charge < -0.3 is 15.4 Å². The van der Waals surface area contributed by atoms with E-state index in [1.807, 2.05) is 13.8 Å². The number of hydrogen-bond acceptors (Lipinski definition) is 4. The van der Waals surface area contributed by atoms with Gasteiger partial charge in [0, 0.05) is 18.2 Å². The number of unbranched alkanes of at least 4 members (excludes halogenated alkanes) is 2. The van der Waals surface area contributed by atoms with E-state index in [0.29, 0.717) is 24.1 Å². The van der Waals surface area contributed by atoms with Crippen LogP contribution in [0.2, 0.25) is 0 Å². The summed E-state index contributed by atoms with van der Waals surface area (Å²) in [4.78, 5) is 40.4. The topological polar surface area (TPSA) is 87.7 Å². The van der Waals surface area contributed by atoms with Crippen molar-refractivity contribution in [3.05, 3.63) is 35.4 Å². The Morgan fingerprint density at radius 3 is 2.20 bits per heavy atom. The molecule has 1 rings (SSSR count). The van der Waals surface area contributed by atoms with Crippen LogP contribution in [-0.2, 0) is 14.3 Å². The third kappa shape index (κ3) is 10.1. The van der Waals surface area contributed by atoms with Gasteiger partial charge in [0.1, 0.15) is 17.7 Å². The van der Waals surface area contributed by atoms with Crippen molar-refractivity contribution in [1.82, 2.24) is 15.5 Å². The van der Waals surface area contributed by atoms with Gasteiger partial charge in [0.25, 0.3) is 5.91 Å². The van der Waals surface area contributed by atoms with Gasteiger partial charge in [-0.25, -0.2) is 4.79 Å². The van der Waals surface area contributed by atoms with E-state index in [1.165, 1.54) is 0 Å². The van der Waals surface area contributed by atoms with E-state index in [4.69, 9.17) is 17.6 Å². The number of terminal acetylenes is 2. The van der Waals surface area contributed by atoms with Crippen molar-refractivity contribution in [2.24, 2.45) is 5.92 Å². The molecule has 0 fully saturated rings. The molecule has 35 heavy (non-hydrogen) atoms. The first kappa shape index (κ1) is 29.6. The monoisotopic (exact) mass is 481 g/mol. The summed E-state index contributed by atoms with van der Waals surface area (Å²) in [5.74, 6) is 1.63. The molecule has 0 aliphatic rings. The Morgan fingerprint density at radius 1 is 1.09 bits per heavy atom. The molecule has 2 N–H and O–H groups in total. The normalized spacial score (nSPS) is 12.6. The van der Waals surface area contributed by atoms with Gasteiger partial charge in [-0.3, -0.25) is 14.5 Å². The molecule has 2 unspecified atom stereocenters. The summed E-state index contributed by atoms with van der Waals surface area (Å²) in [6.45, 7) is 11.6. The molecule has 7 nitrogen and oxygen atoms in total. The van der Waals surface area contributed by atoms with Crippen molar-refractivity contribution in [2.75, 3.05) is 6.54 Å². The van der Waals surface area contributed by atoms with Crippen molar-refractivity contribution >= 4 is 17.9 Å². The molecule has 1 aromatic carbocycles. The lowest BCUT2D eigenvalue weighted by molar-refractivity contribution is -0.138. The molecule has 0 saturated carbocycles. The van der Waals surface area contributed by atoms with Crippen LogP contribution in [0.5, 0.6) is 0 Å². The van der Waals surface area contributed by atoms with Gasteiger partial charge in [-0.05, 0) is 57.2 Å². The van der Waals surface area contributed by atoms with E-state index >= 15 is 0 Å². The third-order valence-corrected chi connectivity index (χ3v) is 5.05. The number of carbonyl (C=O) groups is 3. The van der Waals surface area contributed by atoms with Crippen molar-refractivity contribution in [1.29, 1.82) is 0 Å². The second-order valence-corrected chi connectivity index (χ2v) is 9.83. The van der Waals surface area contributed by atoms with Gasteiger partial charge in [0.05, 0.1) is 0 Å². The highest BCUT2D eigenvalue weighted by Gasteiger charge is 2.36. The molecule has 7 heteroatoms.